The Bertz CT molecular complexity index is 896. The molecule has 0 aliphatic heterocycles. The van der Waals surface area contributed by atoms with Crippen LogP contribution in [0.4, 0.5) is 0 Å². The maximum Gasteiger partial charge on any atom is 0.251 e. The number of hydrogen-bond donors (Lipinski definition) is 2. The summed E-state index contributed by atoms with van der Waals surface area (Å²) in [6.07, 6.45) is 0.906. The third-order valence-corrected chi connectivity index (χ3v) is 5.11. The van der Waals surface area contributed by atoms with Crippen molar-refractivity contribution in [3.05, 3.63) is 70.9 Å². The van der Waals surface area contributed by atoms with E-state index in [9.17, 15) is 4.79 Å². The highest BCUT2D eigenvalue weighted by Gasteiger charge is 2.15. The van der Waals surface area contributed by atoms with Gasteiger partial charge in [0.05, 0.1) is 0 Å². The minimum atomic E-state index is -0.0231. The molecule has 1 atom stereocenters. The molecule has 0 saturated heterocycles. The van der Waals surface area contributed by atoms with Crippen molar-refractivity contribution in [1.29, 1.82) is 0 Å². The number of carbonyl (C=O) groups is 1. The van der Waals surface area contributed by atoms with E-state index in [0.717, 1.165) is 23.0 Å². The van der Waals surface area contributed by atoms with Crippen LogP contribution in [-0.2, 0) is 6.42 Å². The number of aromatic amines is 1. The van der Waals surface area contributed by atoms with Crippen LogP contribution in [0.25, 0.3) is 10.9 Å². The first-order chi connectivity index (χ1) is 12.5. The van der Waals surface area contributed by atoms with E-state index < -0.39 is 0 Å². The molecule has 1 amide bonds. The predicted molar refractivity (Wildman–Crippen MR) is 108 cm³/mol. The van der Waals surface area contributed by atoms with Crippen molar-refractivity contribution in [3.63, 3.8) is 0 Å². The molecule has 0 spiro atoms. The minimum Gasteiger partial charge on any atom is -0.358 e. The molecule has 1 aromatic heterocycles. The summed E-state index contributed by atoms with van der Waals surface area (Å²) in [4.78, 5) is 18.2. The number of fused-ring (bicyclic) bond motifs is 1. The Balaban J connectivity index is 1.69. The van der Waals surface area contributed by atoms with E-state index in [1.165, 1.54) is 11.1 Å². The van der Waals surface area contributed by atoms with Crippen LogP contribution in [0.5, 0.6) is 0 Å². The van der Waals surface area contributed by atoms with Crippen molar-refractivity contribution < 1.29 is 4.79 Å². The second-order valence-corrected chi connectivity index (χ2v) is 7.15. The lowest BCUT2D eigenvalue weighted by atomic mass is 10.0. The summed E-state index contributed by atoms with van der Waals surface area (Å²) >= 11 is 0. The number of benzene rings is 2. The molecule has 2 aromatic carbocycles. The fourth-order valence-corrected chi connectivity index (χ4v) is 3.24. The average molecular weight is 349 g/mol. The zero-order valence-corrected chi connectivity index (χ0v) is 16.0. The predicted octanol–water partition coefficient (Wildman–Crippen LogP) is 3.69. The molecule has 2 N–H and O–H groups in total. The summed E-state index contributed by atoms with van der Waals surface area (Å²) in [7, 11) is 4.11. The van der Waals surface area contributed by atoms with Gasteiger partial charge in [-0.2, -0.15) is 0 Å². The highest BCUT2D eigenvalue weighted by Crippen LogP contribution is 2.22. The van der Waals surface area contributed by atoms with Crippen molar-refractivity contribution in [3.8, 4) is 0 Å². The normalized spacial score (nSPS) is 12.5. The Hall–Kier alpha value is -2.59. The highest BCUT2D eigenvalue weighted by atomic mass is 16.1. The van der Waals surface area contributed by atoms with Crippen LogP contribution in [-0.4, -0.2) is 42.5 Å². The molecular weight excluding hydrogens is 322 g/mol. The Kier molecular flexibility index (Phi) is 5.43. The van der Waals surface area contributed by atoms with Gasteiger partial charge in [-0.05, 0) is 63.7 Å². The van der Waals surface area contributed by atoms with Gasteiger partial charge in [0.15, 0.2) is 0 Å². The molecule has 0 saturated carbocycles. The minimum absolute atomic E-state index is 0.0231. The van der Waals surface area contributed by atoms with Gasteiger partial charge in [-0.1, -0.05) is 30.3 Å². The monoisotopic (exact) mass is 349 g/mol. The van der Waals surface area contributed by atoms with E-state index in [1.807, 2.05) is 24.3 Å². The summed E-state index contributed by atoms with van der Waals surface area (Å²) < 4.78 is 0. The van der Waals surface area contributed by atoms with Crippen LogP contribution < -0.4 is 5.32 Å². The Morgan fingerprint density at radius 1 is 1.12 bits per heavy atom. The number of likely N-dealkylation sites (N-methyl/N-ethyl adjacent to an activating group) is 1. The fourth-order valence-electron chi connectivity index (χ4n) is 3.24. The number of amides is 1. The average Bonchev–Trinajstić information content (AvgIpc) is 2.92. The van der Waals surface area contributed by atoms with Crippen molar-refractivity contribution in [2.75, 3.05) is 20.6 Å². The molecule has 1 heterocycles. The van der Waals surface area contributed by atoms with Crippen LogP contribution in [0.2, 0.25) is 0 Å². The maximum absolute atomic E-state index is 12.6. The molecular formula is C22H27N3O. The second kappa shape index (κ2) is 7.75. The van der Waals surface area contributed by atoms with Gasteiger partial charge in [0.2, 0.25) is 0 Å². The number of H-pyrrole nitrogens is 1. The molecule has 3 aromatic rings. The van der Waals surface area contributed by atoms with Gasteiger partial charge in [-0.25, -0.2) is 0 Å². The number of aromatic nitrogens is 1. The zero-order chi connectivity index (χ0) is 18.7. The lowest BCUT2D eigenvalue weighted by Gasteiger charge is -2.24. The number of aryl methyl sites for hydroxylation is 2. The molecule has 26 heavy (non-hydrogen) atoms. The largest absolute Gasteiger partial charge is 0.358 e. The number of rotatable bonds is 6. The van der Waals surface area contributed by atoms with Crippen LogP contribution in [0.3, 0.4) is 0 Å². The maximum atomic E-state index is 12.6. The van der Waals surface area contributed by atoms with E-state index in [4.69, 9.17) is 0 Å². The van der Waals surface area contributed by atoms with Gasteiger partial charge in [0.25, 0.3) is 5.91 Å². The summed E-state index contributed by atoms with van der Waals surface area (Å²) in [5, 5.41) is 4.22. The Morgan fingerprint density at radius 2 is 1.85 bits per heavy atom. The molecule has 4 nitrogen and oxygen atoms in total. The van der Waals surface area contributed by atoms with E-state index in [-0.39, 0.29) is 11.9 Å². The van der Waals surface area contributed by atoms with E-state index in [2.05, 4.69) is 67.4 Å². The lowest BCUT2D eigenvalue weighted by Crippen LogP contribution is -2.41. The smallest absolute Gasteiger partial charge is 0.251 e. The van der Waals surface area contributed by atoms with Crippen molar-refractivity contribution in [1.82, 2.24) is 15.2 Å². The molecule has 4 heteroatoms. The van der Waals surface area contributed by atoms with Gasteiger partial charge in [-0.3, -0.25) is 4.79 Å². The first-order valence-electron chi connectivity index (χ1n) is 9.03. The van der Waals surface area contributed by atoms with Gasteiger partial charge in [-0.15, -0.1) is 0 Å². The molecule has 3 rings (SSSR count). The third-order valence-electron chi connectivity index (χ3n) is 5.11. The van der Waals surface area contributed by atoms with Gasteiger partial charge >= 0.3 is 0 Å². The number of nitrogens with zero attached hydrogens (tertiary/aromatic N) is 1. The van der Waals surface area contributed by atoms with E-state index in [1.54, 1.807) is 0 Å². The lowest BCUT2D eigenvalue weighted by molar-refractivity contribution is 0.0942. The van der Waals surface area contributed by atoms with Gasteiger partial charge in [0, 0.05) is 34.7 Å². The Labute approximate surface area is 155 Å². The van der Waals surface area contributed by atoms with Crippen molar-refractivity contribution in [2.45, 2.75) is 26.3 Å². The molecule has 136 valence electrons. The molecule has 0 bridgehead atoms. The van der Waals surface area contributed by atoms with Crippen molar-refractivity contribution >= 4 is 16.8 Å². The first kappa shape index (κ1) is 18.2. The molecule has 0 aliphatic carbocycles. The molecule has 0 fully saturated rings. The highest BCUT2D eigenvalue weighted by molar-refractivity contribution is 5.99. The van der Waals surface area contributed by atoms with Gasteiger partial charge in [0.1, 0.15) is 0 Å². The molecule has 0 aliphatic rings. The standard InChI is InChI=1S/C22H27N3O/c1-15-16(2)24-21-11-10-18(13-20(15)21)22(26)23-14-19(25(3)4)12-17-8-6-5-7-9-17/h5-11,13,19,24H,12,14H2,1-4H3,(H,23,26)/t19-/m0/s1. The van der Waals surface area contributed by atoms with Crippen LogP contribution >= 0.6 is 0 Å². The topological polar surface area (TPSA) is 48.1 Å². The number of carbonyl (C=O) groups excluding carboxylic acids is 1. The van der Waals surface area contributed by atoms with Crippen molar-refractivity contribution in [2.24, 2.45) is 0 Å². The van der Waals surface area contributed by atoms with E-state index in [0.29, 0.717) is 12.1 Å². The summed E-state index contributed by atoms with van der Waals surface area (Å²) in [5.74, 6) is -0.0231. The number of nitrogens with one attached hydrogen (secondary N) is 2. The van der Waals surface area contributed by atoms with Crippen LogP contribution in [0.1, 0.15) is 27.2 Å². The molecule has 0 unspecified atom stereocenters. The summed E-state index contributed by atoms with van der Waals surface area (Å²) in [5.41, 5.74) is 5.40. The quantitative estimate of drug-likeness (QED) is 0.713. The zero-order valence-electron chi connectivity index (χ0n) is 16.0. The first-order valence-corrected chi connectivity index (χ1v) is 9.03. The van der Waals surface area contributed by atoms with Crippen LogP contribution in [0, 0.1) is 13.8 Å². The van der Waals surface area contributed by atoms with Gasteiger partial charge < -0.3 is 15.2 Å². The summed E-state index contributed by atoms with van der Waals surface area (Å²) in [6.45, 7) is 4.75. The Morgan fingerprint density at radius 3 is 2.54 bits per heavy atom. The summed E-state index contributed by atoms with van der Waals surface area (Å²) in [6, 6.07) is 16.5. The molecule has 0 radical (unpaired) electrons. The van der Waals surface area contributed by atoms with E-state index >= 15 is 0 Å². The number of hydrogen-bond acceptors (Lipinski definition) is 2. The SMILES string of the molecule is Cc1[nH]c2ccc(C(=O)NC[C@H](Cc3ccccc3)N(C)C)cc2c1C. The third kappa shape index (κ3) is 3.97. The fraction of sp³-hybridized carbons (Fsp3) is 0.318. The van der Waals surface area contributed by atoms with Crippen LogP contribution in [0.15, 0.2) is 48.5 Å². The second-order valence-electron chi connectivity index (χ2n) is 7.15.